The fourth-order valence-corrected chi connectivity index (χ4v) is 5.39. The first kappa shape index (κ1) is 16.9. The number of amides is 1. The number of carbonyl (C=O) groups is 1. The normalized spacial score (nSPS) is 16.0. The number of rotatable bonds is 6. The minimum atomic E-state index is -3.38. The first-order valence-corrected chi connectivity index (χ1v) is 9.90. The summed E-state index contributed by atoms with van der Waals surface area (Å²) >= 11 is 1.20. The van der Waals surface area contributed by atoms with Gasteiger partial charge in [-0.1, -0.05) is 0 Å². The van der Waals surface area contributed by atoms with Gasteiger partial charge in [-0.2, -0.15) is 4.31 Å². The summed E-state index contributed by atoms with van der Waals surface area (Å²) in [6.45, 7) is 1.47. The van der Waals surface area contributed by atoms with Gasteiger partial charge in [-0.25, -0.2) is 8.42 Å². The number of thiophene rings is 1. The summed E-state index contributed by atoms with van der Waals surface area (Å²) < 4.78 is 31.8. The molecule has 3 heterocycles. The lowest BCUT2D eigenvalue weighted by molar-refractivity contribution is -0.116. The van der Waals surface area contributed by atoms with E-state index in [0.29, 0.717) is 29.6 Å². The largest absolute Gasteiger partial charge is 0.465 e. The fraction of sp³-hybridized carbons (Fsp3) is 0.312. The van der Waals surface area contributed by atoms with Gasteiger partial charge in [0.05, 0.1) is 12.8 Å². The van der Waals surface area contributed by atoms with Crippen LogP contribution in [0.5, 0.6) is 0 Å². The number of hydrogen-bond acceptors (Lipinski definition) is 5. The highest BCUT2D eigenvalue weighted by molar-refractivity contribution is 7.91. The molecule has 0 radical (unpaired) electrons. The van der Waals surface area contributed by atoms with Gasteiger partial charge < -0.3 is 9.73 Å². The Balaban J connectivity index is 1.57. The average molecular weight is 366 g/mol. The molecule has 1 aliphatic heterocycles. The van der Waals surface area contributed by atoms with Gasteiger partial charge in [0.15, 0.2) is 0 Å². The van der Waals surface area contributed by atoms with E-state index in [1.54, 1.807) is 30.3 Å². The molecule has 24 heavy (non-hydrogen) atoms. The third-order valence-electron chi connectivity index (χ3n) is 3.68. The van der Waals surface area contributed by atoms with Crippen molar-refractivity contribution in [2.75, 3.05) is 13.1 Å². The van der Waals surface area contributed by atoms with Crippen LogP contribution in [0.4, 0.5) is 0 Å². The maximum Gasteiger partial charge on any atom is 0.252 e. The van der Waals surface area contributed by atoms with Crippen molar-refractivity contribution in [3.05, 3.63) is 47.2 Å². The molecule has 1 fully saturated rings. The van der Waals surface area contributed by atoms with Crippen LogP contribution in [-0.2, 0) is 21.4 Å². The zero-order valence-corrected chi connectivity index (χ0v) is 14.6. The molecule has 1 saturated heterocycles. The maximum atomic E-state index is 12.4. The van der Waals surface area contributed by atoms with E-state index in [4.69, 9.17) is 4.42 Å². The number of carbonyl (C=O) groups excluding carboxylic acids is 1. The van der Waals surface area contributed by atoms with E-state index in [1.165, 1.54) is 28.0 Å². The third-order valence-corrected chi connectivity index (χ3v) is 7.13. The van der Waals surface area contributed by atoms with E-state index in [9.17, 15) is 13.2 Å². The molecule has 128 valence electrons. The van der Waals surface area contributed by atoms with Crippen LogP contribution in [0.3, 0.4) is 0 Å². The van der Waals surface area contributed by atoms with E-state index < -0.39 is 10.0 Å². The summed E-state index contributed by atoms with van der Waals surface area (Å²) in [5, 5.41) is 2.73. The molecule has 2 aromatic rings. The molecule has 0 atom stereocenters. The van der Waals surface area contributed by atoms with Gasteiger partial charge >= 0.3 is 0 Å². The van der Waals surface area contributed by atoms with Crippen LogP contribution in [0.2, 0.25) is 0 Å². The summed E-state index contributed by atoms with van der Waals surface area (Å²) in [5.41, 5.74) is 0. The van der Waals surface area contributed by atoms with Crippen LogP contribution in [0.15, 0.2) is 45.2 Å². The van der Waals surface area contributed by atoms with Crippen LogP contribution in [0.1, 0.15) is 23.5 Å². The van der Waals surface area contributed by atoms with Gasteiger partial charge in [0.25, 0.3) is 10.0 Å². The van der Waals surface area contributed by atoms with E-state index in [1.807, 2.05) is 0 Å². The van der Waals surface area contributed by atoms with E-state index in [0.717, 1.165) is 17.7 Å². The van der Waals surface area contributed by atoms with Gasteiger partial charge in [0.1, 0.15) is 9.97 Å². The summed E-state index contributed by atoms with van der Waals surface area (Å²) in [7, 11) is -3.38. The minimum Gasteiger partial charge on any atom is -0.465 e. The second kappa shape index (κ2) is 7.33. The van der Waals surface area contributed by atoms with Crippen molar-refractivity contribution in [3.63, 3.8) is 0 Å². The monoisotopic (exact) mass is 366 g/mol. The number of sulfonamides is 1. The molecule has 3 rings (SSSR count). The van der Waals surface area contributed by atoms with Crippen molar-refractivity contribution in [1.82, 2.24) is 9.62 Å². The Kier molecular flexibility index (Phi) is 5.17. The van der Waals surface area contributed by atoms with Crippen molar-refractivity contribution in [1.29, 1.82) is 0 Å². The molecule has 0 unspecified atom stereocenters. The standard InChI is InChI=1S/C16H18N2O4S2/c19-15(7-5-13-4-3-11-22-13)17-12-14-6-8-16(23-14)24(20,21)18-9-1-2-10-18/h3-8,11H,1-2,9-10,12H2,(H,17,19)/b7-5+. The molecule has 0 bridgehead atoms. The molecule has 1 aliphatic rings. The van der Waals surface area contributed by atoms with Gasteiger partial charge in [-0.3, -0.25) is 4.79 Å². The van der Waals surface area contributed by atoms with E-state index in [2.05, 4.69) is 5.32 Å². The maximum absolute atomic E-state index is 12.4. The lowest BCUT2D eigenvalue weighted by Gasteiger charge is -2.13. The van der Waals surface area contributed by atoms with Gasteiger partial charge in [-0.15, -0.1) is 11.3 Å². The second-order valence-corrected chi connectivity index (χ2v) is 8.73. The Hall–Kier alpha value is -1.90. The van der Waals surface area contributed by atoms with Crippen molar-refractivity contribution < 1.29 is 17.6 Å². The van der Waals surface area contributed by atoms with Crippen LogP contribution in [-0.4, -0.2) is 31.7 Å². The van der Waals surface area contributed by atoms with Crippen molar-refractivity contribution in [2.24, 2.45) is 0 Å². The average Bonchev–Trinajstić information content (AvgIpc) is 3.33. The van der Waals surface area contributed by atoms with Crippen molar-refractivity contribution in [2.45, 2.75) is 23.6 Å². The van der Waals surface area contributed by atoms with Gasteiger partial charge in [0.2, 0.25) is 5.91 Å². The number of nitrogens with zero attached hydrogens (tertiary/aromatic N) is 1. The second-order valence-electron chi connectivity index (χ2n) is 5.40. The summed E-state index contributed by atoms with van der Waals surface area (Å²) in [4.78, 5) is 12.6. The number of hydrogen-bond donors (Lipinski definition) is 1. The molecular weight excluding hydrogens is 348 g/mol. The lowest BCUT2D eigenvalue weighted by atomic mass is 10.4. The smallest absolute Gasteiger partial charge is 0.252 e. The van der Waals surface area contributed by atoms with Crippen molar-refractivity contribution >= 4 is 33.3 Å². The first-order chi connectivity index (χ1) is 11.6. The predicted octanol–water partition coefficient (Wildman–Crippen LogP) is 2.46. The summed E-state index contributed by atoms with van der Waals surface area (Å²) in [6.07, 6.45) is 6.32. The molecule has 1 N–H and O–H groups in total. The summed E-state index contributed by atoms with van der Waals surface area (Å²) in [5.74, 6) is 0.337. The molecule has 0 aliphatic carbocycles. The van der Waals surface area contributed by atoms with Crippen LogP contribution in [0.25, 0.3) is 6.08 Å². The lowest BCUT2D eigenvalue weighted by Crippen LogP contribution is -2.27. The molecule has 0 spiro atoms. The van der Waals surface area contributed by atoms with E-state index in [-0.39, 0.29) is 5.91 Å². The predicted molar refractivity (Wildman–Crippen MR) is 91.9 cm³/mol. The molecule has 1 amide bonds. The quantitative estimate of drug-likeness (QED) is 0.797. The van der Waals surface area contributed by atoms with Crippen LogP contribution in [0, 0.1) is 0 Å². The van der Waals surface area contributed by atoms with Gasteiger partial charge in [0, 0.05) is 24.0 Å². The number of furan rings is 1. The Morgan fingerprint density at radius 2 is 2.08 bits per heavy atom. The highest BCUT2D eigenvalue weighted by atomic mass is 32.2. The molecular formula is C16H18N2O4S2. The Morgan fingerprint density at radius 3 is 2.79 bits per heavy atom. The van der Waals surface area contributed by atoms with Crippen molar-refractivity contribution in [3.8, 4) is 0 Å². The topological polar surface area (TPSA) is 79.6 Å². The van der Waals surface area contributed by atoms with Gasteiger partial charge in [-0.05, 0) is 43.2 Å². The molecule has 0 saturated carbocycles. The SMILES string of the molecule is O=C(/C=C/c1ccco1)NCc1ccc(S(=O)(=O)N2CCCC2)s1. The molecule has 0 aromatic carbocycles. The molecule has 6 nitrogen and oxygen atoms in total. The van der Waals surface area contributed by atoms with E-state index >= 15 is 0 Å². The Bertz CT molecular complexity index is 816. The number of nitrogens with one attached hydrogen (secondary N) is 1. The highest BCUT2D eigenvalue weighted by Gasteiger charge is 2.28. The van der Waals surface area contributed by atoms with Crippen LogP contribution >= 0.6 is 11.3 Å². The third kappa shape index (κ3) is 3.95. The first-order valence-electron chi connectivity index (χ1n) is 7.64. The van der Waals surface area contributed by atoms with Crippen LogP contribution < -0.4 is 5.32 Å². The fourth-order valence-electron chi connectivity index (χ4n) is 2.42. The Morgan fingerprint density at radius 1 is 1.29 bits per heavy atom. The highest BCUT2D eigenvalue weighted by Crippen LogP contribution is 2.27. The molecule has 8 heteroatoms. The minimum absolute atomic E-state index is 0.260. The summed E-state index contributed by atoms with van der Waals surface area (Å²) in [6, 6.07) is 6.84. The zero-order chi connectivity index (χ0) is 17.0. The molecule has 2 aromatic heterocycles. The zero-order valence-electron chi connectivity index (χ0n) is 13.0. The Labute approximate surface area is 144 Å².